The number of ether oxygens (including phenoxy) is 1. The number of nitriles is 1. The SMILES string of the molecule is Cc1ccc(C#N)cc1S(=O)(=O)Nc1ccc(Cl)c(CN2CCOCC2)c1. The van der Waals surface area contributed by atoms with Crippen molar-refractivity contribution in [2.45, 2.75) is 18.4 Å². The summed E-state index contributed by atoms with van der Waals surface area (Å²) < 4.78 is 33.5. The monoisotopic (exact) mass is 405 g/mol. The van der Waals surface area contributed by atoms with Crippen molar-refractivity contribution in [1.82, 2.24) is 4.90 Å². The van der Waals surface area contributed by atoms with Crippen molar-refractivity contribution in [3.05, 3.63) is 58.1 Å². The third kappa shape index (κ3) is 4.79. The first-order valence-electron chi connectivity index (χ1n) is 8.51. The number of halogens is 1. The number of sulfonamides is 1. The maximum Gasteiger partial charge on any atom is 0.262 e. The predicted octanol–water partition coefficient (Wildman–Crippen LogP) is 3.15. The van der Waals surface area contributed by atoms with Gasteiger partial charge in [-0.3, -0.25) is 9.62 Å². The summed E-state index contributed by atoms with van der Waals surface area (Å²) in [6, 6.07) is 11.6. The molecule has 2 aromatic rings. The average Bonchev–Trinajstić information content (AvgIpc) is 2.65. The molecule has 0 aliphatic carbocycles. The molecule has 1 aliphatic heterocycles. The van der Waals surface area contributed by atoms with E-state index in [2.05, 4.69) is 9.62 Å². The second-order valence-corrected chi connectivity index (χ2v) is 8.45. The zero-order chi connectivity index (χ0) is 19.4. The third-order valence-electron chi connectivity index (χ3n) is 4.40. The summed E-state index contributed by atoms with van der Waals surface area (Å²) in [6.07, 6.45) is 0. The van der Waals surface area contributed by atoms with Gasteiger partial charge in [0, 0.05) is 30.3 Å². The molecule has 3 rings (SSSR count). The highest BCUT2D eigenvalue weighted by Crippen LogP contribution is 2.25. The van der Waals surface area contributed by atoms with E-state index >= 15 is 0 Å². The molecule has 1 heterocycles. The zero-order valence-corrected chi connectivity index (χ0v) is 16.5. The number of benzene rings is 2. The second kappa shape index (κ2) is 8.28. The van der Waals surface area contributed by atoms with Crippen molar-refractivity contribution in [2.24, 2.45) is 0 Å². The van der Waals surface area contributed by atoms with Crippen molar-refractivity contribution in [3.63, 3.8) is 0 Å². The molecule has 0 radical (unpaired) electrons. The van der Waals surface area contributed by atoms with Crippen molar-refractivity contribution < 1.29 is 13.2 Å². The van der Waals surface area contributed by atoms with Crippen molar-refractivity contribution >= 4 is 27.3 Å². The normalized spacial score (nSPS) is 15.3. The van der Waals surface area contributed by atoms with E-state index in [1.165, 1.54) is 6.07 Å². The van der Waals surface area contributed by atoms with Gasteiger partial charge >= 0.3 is 0 Å². The van der Waals surface area contributed by atoms with Gasteiger partial charge < -0.3 is 4.74 Å². The predicted molar refractivity (Wildman–Crippen MR) is 104 cm³/mol. The van der Waals surface area contributed by atoms with Crippen LogP contribution in [0.4, 0.5) is 5.69 Å². The molecule has 0 aromatic heterocycles. The van der Waals surface area contributed by atoms with Crippen LogP contribution in [0.15, 0.2) is 41.3 Å². The molecule has 142 valence electrons. The fraction of sp³-hybridized carbons (Fsp3) is 0.316. The summed E-state index contributed by atoms with van der Waals surface area (Å²) in [4.78, 5) is 2.30. The molecule has 27 heavy (non-hydrogen) atoms. The number of nitrogens with zero attached hydrogens (tertiary/aromatic N) is 2. The van der Waals surface area contributed by atoms with Crippen LogP contribution in [-0.4, -0.2) is 39.6 Å². The molecule has 1 fully saturated rings. The molecule has 0 unspecified atom stereocenters. The maximum atomic E-state index is 12.8. The molecular weight excluding hydrogens is 386 g/mol. The first-order valence-corrected chi connectivity index (χ1v) is 10.4. The van der Waals surface area contributed by atoms with Gasteiger partial charge in [-0.05, 0) is 48.4 Å². The average molecular weight is 406 g/mol. The Kier molecular flexibility index (Phi) is 6.02. The molecule has 1 aliphatic rings. The summed E-state index contributed by atoms with van der Waals surface area (Å²) in [5.41, 5.74) is 2.15. The highest BCUT2D eigenvalue weighted by atomic mass is 35.5. The van der Waals surface area contributed by atoms with E-state index in [4.69, 9.17) is 21.6 Å². The molecule has 1 N–H and O–H groups in total. The van der Waals surface area contributed by atoms with Gasteiger partial charge in [0.1, 0.15) is 0 Å². The maximum absolute atomic E-state index is 12.8. The lowest BCUT2D eigenvalue weighted by molar-refractivity contribution is 0.0342. The lowest BCUT2D eigenvalue weighted by Crippen LogP contribution is -2.35. The lowest BCUT2D eigenvalue weighted by atomic mass is 10.2. The van der Waals surface area contributed by atoms with Gasteiger partial charge in [-0.25, -0.2) is 8.42 Å². The number of rotatable bonds is 5. The Labute approximate surface area is 164 Å². The van der Waals surface area contributed by atoms with Gasteiger partial charge in [-0.1, -0.05) is 17.7 Å². The Morgan fingerprint density at radius 1 is 1.22 bits per heavy atom. The summed E-state index contributed by atoms with van der Waals surface area (Å²) in [6.45, 7) is 5.30. The molecule has 0 bridgehead atoms. The van der Waals surface area contributed by atoms with E-state index in [0.29, 0.717) is 41.6 Å². The lowest BCUT2D eigenvalue weighted by Gasteiger charge is -2.27. The van der Waals surface area contributed by atoms with Crippen LogP contribution in [0.5, 0.6) is 0 Å². The van der Waals surface area contributed by atoms with Crippen LogP contribution < -0.4 is 4.72 Å². The Balaban J connectivity index is 1.84. The largest absolute Gasteiger partial charge is 0.379 e. The van der Waals surface area contributed by atoms with Crippen molar-refractivity contribution in [2.75, 3.05) is 31.0 Å². The number of anilines is 1. The van der Waals surface area contributed by atoms with E-state index in [0.717, 1.165) is 18.7 Å². The topological polar surface area (TPSA) is 82.4 Å². The van der Waals surface area contributed by atoms with Crippen molar-refractivity contribution in [1.29, 1.82) is 5.26 Å². The summed E-state index contributed by atoms with van der Waals surface area (Å²) in [5.74, 6) is 0. The Hall–Kier alpha value is -2.11. The number of morpholine rings is 1. The Bertz CT molecular complexity index is 980. The molecule has 8 heteroatoms. The molecular formula is C19H20ClN3O3S. The van der Waals surface area contributed by atoms with E-state index in [1.54, 1.807) is 37.3 Å². The van der Waals surface area contributed by atoms with E-state index in [9.17, 15) is 8.42 Å². The molecule has 6 nitrogen and oxygen atoms in total. The molecule has 0 spiro atoms. The van der Waals surface area contributed by atoms with Crippen molar-refractivity contribution in [3.8, 4) is 6.07 Å². The summed E-state index contributed by atoms with van der Waals surface area (Å²) >= 11 is 6.30. The Morgan fingerprint density at radius 3 is 2.67 bits per heavy atom. The first kappa shape index (κ1) is 19.6. The Morgan fingerprint density at radius 2 is 1.96 bits per heavy atom. The molecule has 2 aromatic carbocycles. The van der Waals surface area contributed by atoms with E-state index < -0.39 is 10.0 Å². The number of hydrogen-bond acceptors (Lipinski definition) is 5. The fourth-order valence-electron chi connectivity index (χ4n) is 2.93. The van der Waals surface area contributed by atoms with Gasteiger partial charge in [0.25, 0.3) is 10.0 Å². The minimum atomic E-state index is -3.82. The van der Waals surface area contributed by atoms with Crippen LogP contribution >= 0.6 is 11.6 Å². The quantitative estimate of drug-likeness (QED) is 0.826. The molecule has 0 saturated carbocycles. The van der Waals surface area contributed by atoms with Crippen LogP contribution in [0.25, 0.3) is 0 Å². The minimum Gasteiger partial charge on any atom is -0.379 e. The van der Waals surface area contributed by atoms with Crippen LogP contribution in [0, 0.1) is 18.3 Å². The van der Waals surface area contributed by atoms with Gasteiger partial charge in [-0.15, -0.1) is 0 Å². The smallest absolute Gasteiger partial charge is 0.262 e. The molecule has 1 saturated heterocycles. The van der Waals surface area contributed by atoms with E-state index in [-0.39, 0.29) is 4.90 Å². The molecule has 0 amide bonds. The zero-order valence-electron chi connectivity index (χ0n) is 14.9. The standard InChI is InChI=1S/C19H20ClN3O3S/c1-14-2-3-15(12-21)10-19(14)27(24,25)22-17-4-5-18(20)16(11-17)13-23-6-8-26-9-7-23/h2-5,10-11,22H,6-9,13H2,1H3. The fourth-order valence-corrected chi connectivity index (χ4v) is 4.43. The van der Waals surface area contributed by atoms with Crippen LogP contribution in [0.1, 0.15) is 16.7 Å². The van der Waals surface area contributed by atoms with E-state index in [1.807, 2.05) is 6.07 Å². The number of hydrogen-bond donors (Lipinski definition) is 1. The van der Waals surface area contributed by atoms with Gasteiger partial charge in [-0.2, -0.15) is 5.26 Å². The first-order chi connectivity index (χ1) is 12.9. The number of nitrogens with one attached hydrogen (secondary N) is 1. The van der Waals surface area contributed by atoms with Crippen LogP contribution in [0.2, 0.25) is 5.02 Å². The highest BCUT2D eigenvalue weighted by Gasteiger charge is 2.19. The molecule has 0 atom stereocenters. The highest BCUT2D eigenvalue weighted by molar-refractivity contribution is 7.92. The summed E-state index contributed by atoms with van der Waals surface area (Å²) in [5, 5.41) is 9.63. The van der Waals surface area contributed by atoms with Gasteiger partial charge in [0.05, 0.1) is 29.7 Å². The minimum absolute atomic E-state index is 0.0891. The van der Waals surface area contributed by atoms with Crippen LogP contribution in [0.3, 0.4) is 0 Å². The third-order valence-corrected chi connectivity index (χ3v) is 6.29. The second-order valence-electron chi connectivity index (χ2n) is 6.39. The van der Waals surface area contributed by atoms with Crippen LogP contribution in [-0.2, 0) is 21.3 Å². The van der Waals surface area contributed by atoms with Gasteiger partial charge in [0.2, 0.25) is 0 Å². The number of aryl methyl sites for hydroxylation is 1. The summed E-state index contributed by atoms with van der Waals surface area (Å²) in [7, 11) is -3.82. The van der Waals surface area contributed by atoms with Gasteiger partial charge in [0.15, 0.2) is 0 Å².